The number of nitrogens with zero attached hydrogens (tertiary/aromatic N) is 3. The van der Waals surface area contributed by atoms with Gasteiger partial charge in [-0.25, -0.2) is 12.7 Å². The Hall–Kier alpha value is -1.64. The third kappa shape index (κ3) is 3.78. The fourth-order valence-electron chi connectivity index (χ4n) is 4.89. The van der Waals surface area contributed by atoms with Gasteiger partial charge >= 0.3 is 0 Å². The summed E-state index contributed by atoms with van der Waals surface area (Å²) >= 11 is 5.89. The number of benzene rings is 1. The van der Waals surface area contributed by atoms with E-state index in [9.17, 15) is 18.0 Å². The lowest BCUT2D eigenvalue weighted by molar-refractivity contribution is -0.141. The number of fused-ring (bicyclic) bond motifs is 1. The lowest BCUT2D eigenvalue weighted by Gasteiger charge is -2.32. The van der Waals surface area contributed by atoms with Crippen LogP contribution in [0.4, 0.5) is 0 Å². The first-order chi connectivity index (χ1) is 13.7. The van der Waals surface area contributed by atoms with Crippen LogP contribution in [0.2, 0.25) is 5.02 Å². The van der Waals surface area contributed by atoms with Crippen molar-refractivity contribution in [1.29, 1.82) is 0 Å². The molecule has 2 atom stereocenters. The smallest absolute Gasteiger partial charge is 0.232 e. The summed E-state index contributed by atoms with van der Waals surface area (Å²) in [5, 5.41) is 0.557. The Morgan fingerprint density at radius 3 is 2.34 bits per heavy atom. The van der Waals surface area contributed by atoms with Crippen molar-refractivity contribution in [2.45, 2.75) is 25.5 Å². The molecule has 0 aliphatic carbocycles. The van der Waals surface area contributed by atoms with Crippen molar-refractivity contribution in [1.82, 2.24) is 14.1 Å². The van der Waals surface area contributed by atoms with Gasteiger partial charge in [0.25, 0.3) is 0 Å². The SMILES string of the molecule is CC(=O)N1C[C@H]2CN(S(=O)(=O)Cc3ccc(Cl)cc3)C[C@@]2(C(=O)N2CCCC2)C1. The summed E-state index contributed by atoms with van der Waals surface area (Å²) in [6.45, 7) is 4.09. The molecule has 3 aliphatic rings. The van der Waals surface area contributed by atoms with E-state index in [-0.39, 0.29) is 36.6 Å². The molecule has 0 saturated carbocycles. The van der Waals surface area contributed by atoms with Crippen molar-refractivity contribution in [3.05, 3.63) is 34.9 Å². The minimum Gasteiger partial charge on any atom is -0.342 e. The largest absolute Gasteiger partial charge is 0.342 e. The van der Waals surface area contributed by atoms with Crippen molar-refractivity contribution >= 4 is 33.4 Å². The molecule has 1 aromatic rings. The van der Waals surface area contributed by atoms with Crippen LogP contribution >= 0.6 is 11.6 Å². The maximum atomic E-state index is 13.4. The van der Waals surface area contributed by atoms with Gasteiger partial charge in [-0.15, -0.1) is 0 Å². The number of hydrogen-bond donors (Lipinski definition) is 0. The van der Waals surface area contributed by atoms with Crippen LogP contribution in [0, 0.1) is 11.3 Å². The maximum Gasteiger partial charge on any atom is 0.232 e. The molecule has 29 heavy (non-hydrogen) atoms. The van der Waals surface area contributed by atoms with Gasteiger partial charge in [0.1, 0.15) is 0 Å². The monoisotopic (exact) mass is 439 g/mol. The van der Waals surface area contributed by atoms with Gasteiger partial charge in [0.15, 0.2) is 0 Å². The molecule has 9 heteroatoms. The lowest BCUT2D eigenvalue weighted by Crippen LogP contribution is -2.49. The Balaban J connectivity index is 1.58. The number of carbonyl (C=O) groups excluding carboxylic acids is 2. The molecule has 0 radical (unpaired) electrons. The van der Waals surface area contributed by atoms with Crippen molar-refractivity contribution in [3.63, 3.8) is 0 Å². The highest BCUT2D eigenvalue weighted by Gasteiger charge is 2.60. The number of likely N-dealkylation sites (tertiary alicyclic amines) is 2. The van der Waals surface area contributed by atoms with Crippen molar-refractivity contribution < 1.29 is 18.0 Å². The van der Waals surface area contributed by atoms with E-state index in [1.807, 2.05) is 4.90 Å². The molecule has 0 N–H and O–H groups in total. The van der Waals surface area contributed by atoms with Gasteiger partial charge in [-0.1, -0.05) is 23.7 Å². The summed E-state index contributed by atoms with van der Waals surface area (Å²) in [6, 6.07) is 6.77. The first kappa shape index (κ1) is 20.6. The summed E-state index contributed by atoms with van der Waals surface area (Å²) in [5.74, 6) is -0.350. The molecule has 1 aromatic carbocycles. The van der Waals surface area contributed by atoms with E-state index in [0.717, 1.165) is 12.8 Å². The zero-order valence-corrected chi connectivity index (χ0v) is 18.1. The lowest BCUT2D eigenvalue weighted by atomic mass is 9.79. The highest BCUT2D eigenvalue weighted by molar-refractivity contribution is 7.88. The zero-order chi connectivity index (χ0) is 20.8. The molecule has 3 heterocycles. The van der Waals surface area contributed by atoms with E-state index in [1.165, 1.54) is 11.2 Å². The van der Waals surface area contributed by atoms with E-state index in [1.54, 1.807) is 29.2 Å². The number of carbonyl (C=O) groups is 2. The average molecular weight is 440 g/mol. The van der Waals surface area contributed by atoms with E-state index >= 15 is 0 Å². The molecule has 0 bridgehead atoms. The molecule has 158 valence electrons. The molecule has 3 fully saturated rings. The molecule has 4 rings (SSSR count). The maximum absolute atomic E-state index is 13.4. The Bertz CT molecular complexity index is 914. The quantitative estimate of drug-likeness (QED) is 0.713. The number of hydrogen-bond acceptors (Lipinski definition) is 4. The van der Waals surface area contributed by atoms with E-state index in [0.29, 0.717) is 36.8 Å². The van der Waals surface area contributed by atoms with Crippen LogP contribution in [-0.4, -0.2) is 73.6 Å². The Morgan fingerprint density at radius 2 is 1.72 bits per heavy atom. The van der Waals surface area contributed by atoms with Crippen LogP contribution in [0.25, 0.3) is 0 Å². The fraction of sp³-hybridized carbons (Fsp3) is 0.600. The van der Waals surface area contributed by atoms with Crippen LogP contribution in [-0.2, 0) is 25.4 Å². The minimum absolute atomic E-state index is 0.00735. The molecular formula is C20H26ClN3O4S. The van der Waals surface area contributed by atoms with Crippen molar-refractivity contribution in [3.8, 4) is 0 Å². The van der Waals surface area contributed by atoms with Crippen LogP contribution in [0.1, 0.15) is 25.3 Å². The van der Waals surface area contributed by atoms with E-state index in [2.05, 4.69) is 0 Å². The van der Waals surface area contributed by atoms with Crippen LogP contribution in [0.3, 0.4) is 0 Å². The Morgan fingerprint density at radius 1 is 1.07 bits per heavy atom. The van der Waals surface area contributed by atoms with Crippen LogP contribution in [0.15, 0.2) is 24.3 Å². The summed E-state index contributed by atoms with van der Waals surface area (Å²) in [5.41, 5.74) is -0.167. The van der Waals surface area contributed by atoms with Crippen LogP contribution < -0.4 is 0 Å². The topological polar surface area (TPSA) is 78.0 Å². The Labute approximate surface area is 176 Å². The average Bonchev–Trinajstić information content (AvgIpc) is 3.37. The first-order valence-electron chi connectivity index (χ1n) is 9.98. The summed E-state index contributed by atoms with van der Waals surface area (Å²) in [7, 11) is -3.58. The highest BCUT2D eigenvalue weighted by atomic mass is 35.5. The zero-order valence-electron chi connectivity index (χ0n) is 16.5. The Kier molecular flexibility index (Phi) is 5.38. The van der Waals surface area contributed by atoms with Gasteiger partial charge in [0.05, 0.1) is 11.2 Å². The number of amides is 2. The molecule has 7 nitrogen and oxygen atoms in total. The molecular weight excluding hydrogens is 414 g/mol. The van der Waals surface area contributed by atoms with E-state index < -0.39 is 15.4 Å². The highest BCUT2D eigenvalue weighted by Crippen LogP contribution is 2.45. The second-order valence-electron chi connectivity index (χ2n) is 8.43. The van der Waals surface area contributed by atoms with Crippen LogP contribution in [0.5, 0.6) is 0 Å². The fourth-order valence-corrected chi connectivity index (χ4v) is 6.65. The number of rotatable bonds is 4. The van der Waals surface area contributed by atoms with E-state index in [4.69, 9.17) is 11.6 Å². The second kappa shape index (κ2) is 7.56. The predicted molar refractivity (Wildman–Crippen MR) is 110 cm³/mol. The van der Waals surface area contributed by atoms with Crippen molar-refractivity contribution in [2.24, 2.45) is 11.3 Å². The molecule has 0 aromatic heterocycles. The molecule has 3 saturated heterocycles. The summed E-state index contributed by atoms with van der Waals surface area (Å²) in [4.78, 5) is 29.0. The third-order valence-corrected chi connectivity index (χ3v) is 8.51. The first-order valence-corrected chi connectivity index (χ1v) is 12.0. The molecule has 0 unspecified atom stereocenters. The van der Waals surface area contributed by atoms with Gasteiger partial charge in [-0.2, -0.15) is 0 Å². The van der Waals surface area contributed by atoms with Gasteiger partial charge in [0.2, 0.25) is 21.8 Å². The second-order valence-corrected chi connectivity index (χ2v) is 10.8. The number of sulfonamides is 1. The normalized spacial score (nSPS) is 27.4. The summed E-state index contributed by atoms with van der Waals surface area (Å²) < 4.78 is 27.7. The van der Waals surface area contributed by atoms with Crippen molar-refractivity contribution in [2.75, 3.05) is 39.3 Å². The predicted octanol–water partition coefficient (Wildman–Crippen LogP) is 1.57. The summed E-state index contributed by atoms with van der Waals surface area (Å²) in [6.07, 6.45) is 1.95. The van der Waals surface area contributed by atoms with Gasteiger partial charge in [-0.05, 0) is 30.5 Å². The van der Waals surface area contributed by atoms with Gasteiger partial charge in [0, 0.05) is 57.1 Å². The molecule has 2 amide bonds. The number of halogens is 1. The third-order valence-electron chi connectivity index (χ3n) is 6.50. The standard InChI is InChI=1S/C20H26ClN3O4S/c1-15(25)23-10-17-11-24(29(27,28)12-16-4-6-18(21)7-5-16)14-20(17,13-23)19(26)22-8-2-3-9-22/h4-7,17H,2-3,8-14H2,1H3/t17-,20-/m0/s1. The van der Waals surface area contributed by atoms with Gasteiger partial charge in [-0.3, -0.25) is 9.59 Å². The molecule has 0 spiro atoms. The molecule has 3 aliphatic heterocycles. The minimum atomic E-state index is -3.58. The van der Waals surface area contributed by atoms with Gasteiger partial charge < -0.3 is 9.80 Å².